The Kier molecular flexibility index (Phi) is 3.27. The van der Waals surface area contributed by atoms with Crippen LogP contribution in [-0.2, 0) is 0 Å². The number of carbonyl (C=O) groups excluding carboxylic acids is 1. The van der Waals surface area contributed by atoms with Gasteiger partial charge in [0.15, 0.2) is 0 Å². The number of rotatable bonds is 2. The molecule has 0 atom stereocenters. The summed E-state index contributed by atoms with van der Waals surface area (Å²) < 4.78 is 1.22. The third-order valence-corrected chi connectivity index (χ3v) is 4.04. The lowest BCUT2D eigenvalue weighted by molar-refractivity contribution is 0.102. The van der Waals surface area contributed by atoms with Gasteiger partial charge in [-0.3, -0.25) is 4.79 Å². The van der Waals surface area contributed by atoms with Crippen molar-refractivity contribution >= 4 is 45.6 Å². The van der Waals surface area contributed by atoms with Gasteiger partial charge in [-0.15, -0.1) is 24.0 Å². The van der Waals surface area contributed by atoms with Crippen LogP contribution in [-0.4, -0.2) is 5.91 Å². The fourth-order valence-corrected chi connectivity index (χ4v) is 2.78. The molecule has 3 rings (SSSR count). The molecule has 1 N–H and O–H groups in total. The number of hydrogen-bond donors (Lipinski definition) is 2. The van der Waals surface area contributed by atoms with E-state index in [4.69, 9.17) is 0 Å². The number of fused-ring (bicyclic) bond motifs is 1. The molecule has 0 unspecified atom stereocenters. The summed E-state index contributed by atoms with van der Waals surface area (Å²) in [5.41, 5.74) is 1.44. The largest absolute Gasteiger partial charge is 0.322 e. The number of thiol groups is 1. The summed E-state index contributed by atoms with van der Waals surface area (Å²) in [4.78, 5) is 12.9. The van der Waals surface area contributed by atoms with Crippen LogP contribution in [0, 0.1) is 0 Å². The zero-order valence-corrected chi connectivity index (χ0v) is 11.7. The lowest BCUT2D eigenvalue weighted by Gasteiger charge is -2.05. The van der Waals surface area contributed by atoms with Crippen molar-refractivity contribution in [2.45, 2.75) is 4.90 Å². The first-order valence-electron chi connectivity index (χ1n) is 5.80. The van der Waals surface area contributed by atoms with Crippen LogP contribution < -0.4 is 5.32 Å². The fraction of sp³-hybridized carbons (Fsp3) is 0. The number of hydrogen-bond acceptors (Lipinski definition) is 3. The van der Waals surface area contributed by atoms with Crippen LogP contribution in [0.15, 0.2) is 58.8 Å². The van der Waals surface area contributed by atoms with Crippen molar-refractivity contribution in [2.24, 2.45) is 0 Å². The highest BCUT2D eigenvalue weighted by Gasteiger charge is 2.06. The Labute approximate surface area is 120 Å². The maximum Gasteiger partial charge on any atom is 0.255 e. The van der Waals surface area contributed by atoms with Crippen molar-refractivity contribution in [3.63, 3.8) is 0 Å². The average Bonchev–Trinajstić information content (AvgIpc) is 2.87. The molecule has 4 heteroatoms. The van der Waals surface area contributed by atoms with E-state index in [1.807, 2.05) is 29.6 Å². The average molecular weight is 285 g/mol. The summed E-state index contributed by atoms with van der Waals surface area (Å²) >= 11 is 5.89. The van der Waals surface area contributed by atoms with E-state index >= 15 is 0 Å². The molecule has 94 valence electrons. The molecule has 1 aromatic heterocycles. The normalized spacial score (nSPS) is 10.6. The zero-order valence-electron chi connectivity index (χ0n) is 9.96. The minimum absolute atomic E-state index is 0.108. The second-order valence-electron chi connectivity index (χ2n) is 4.17. The van der Waals surface area contributed by atoms with E-state index in [9.17, 15) is 4.79 Å². The maximum absolute atomic E-state index is 12.1. The van der Waals surface area contributed by atoms with Gasteiger partial charge in [0.25, 0.3) is 5.91 Å². The molecule has 0 spiro atoms. The minimum atomic E-state index is -0.108. The van der Waals surface area contributed by atoms with Gasteiger partial charge < -0.3 is 5.32 Å². The molecule has 1 heterocycles. The molecule has 0 radical (unpaired) electrons. The van der Waals surface area contributed by atoms with Gasteiger partial charge in [0.1, 0.15) is 0 Å². The van der Waals surface area contributed by atoms with E-state index in [0.717, 1.165) is 16.0 Å². The third kappa shape index (κ3) is 2.64. The molecule has 0 fully saturated rings. The number of carbonyl (C=O) groups is 1. The van der Waals surface area contributed by atoms with Gasteiger partial charge in [-0.05, 0) is 59.3 Å². The molecule has 0 aliphatic heterocycles. The van der Waals surface area contributed by atoms with Crippen molar-refractivity contribution in [1.82, 2.24) is 0 Å². The summed E-state index contributed by atoms with van der Waals surface area (Å²) in [5, 5.41) is 6.09. The molecule has 1 amide bonds. The number of anilines is 1. The van der Waals surface area contributed by atoms with E-state index in [0.29, 0.717) is 5.56 Å². The number of amides is 1. The van der Waals surface area contributed by atoms with Crippen LogP contribution in [0.3, 0.4) is 0 Å². The minimum Gasteiger partial charge on any atom is -0.322 e. The molecular formula is C15H11NOS2. The van der Waals surface area contributed by atoms with E-state index in [-0.39, 0.29) is 5.91 Å². The van der Waals surface area contributed by atoms with Gasteiger partial charge >= 0.3 is 0 Å². The van der Waals surface area contributed by atoms with Crippen LogP contribution in [0.5, 0.6) is 0 Å². The predicted molar refractivity (Wildman–Crippen MR) is 83.5 cm³/mol. The van der Waals surface area contributed by atoms with E-state index in [2.05, 4.69) is 17.9 Å². The van der Waals surface area contributed by atoms with E-state index in [1.165, 1.54) is 4.70 Å². The van der Waals surface area contributed by atoms with Crippen molar-refractivity contribution in [3.05, 3.63) is 59.5 Å². The van der Waals surface area contributed by atoms with Crippen molar-refractivity contribution in [1.29, 1.82) is 0 Å². The summed E-state index contributed by atoms with van der Waals surface area (Å²) in [5.74, 6) is -0.108. The van der Waals surface area contributed by atoms with Crippen LogP contribution in [0.4, 0.5) is 5.69 Å². The van der Waals surface area contributed by atoms with Gasteiger partial charge in [0, 0.05) is 20.8 Å². The van der Waals surface area contributed by atoms with Gasteiger partial charge in [-0.2, -0.15) is 0 Å². The van der Waals surface area contributed by atoms with Crippen LogP contribution in [0.25, 0.3) is 10.1 Å². The first kappa shape index (κ1) is 12.3. The Morgan fingerprint density at radius 3 is 2.63 bits per heavy atom. The number of benzene rings is 2. The summed E-state index contributed by atoms with van der Waals surface area (Å²) in [6, 6.07) is 15.1. The molecule has 0 aliphatic rings. The monoisotopic (exact) mass is 285 g/mol. The highest BCUT2D eigenvalue weighted by molar-refractivity contribution is 7.80. The van der Waals surface area contributed by atoms with Gasteiger partial charge in [0.2, 0.25) is 0 Å². The summed E-state index contributed by atoms with van der Waals surface area (Å²) in [7, 11) is 0. The Morgan fingerprint density at radius 1 is 1.05 bits per heavy atom. The number of thiophene rings is 1. The topological polar surface area (TPSA) is 29.1 Å². The molecule has 0 bridgehead atoms. The maximum atomic E-state index is 12.1. The highest BCUT2D eigenvalue weighted by Crippen LogP contribution is 2.24. The molecule has 2 aromatic carbocycles. The second kappa shape index (κ2) is 5.07. The summed E-state index contributed by atoms with van der Waals surface area (Å²) in [6.45, 7) is 0. The summed E-state index contributed by atoms with van der Waals surface area (Å²) in [6.07, 6.45) is 0. The first-order chi connectivity index (χ1) is 9.22. The zero-order chi connectivity index (χ0) is 13.2. The quantitative estimate of drug-likeness (QED) is 0.670. The van der Waals surface area contributed by atoms with E-state index < -0.39 is 0 Å². The number of nitrogens with one attached hydrogen (secondary N) is 1. The van der Waals surface area contributed by atoms with Gasteiger partial charge in [-0.25, -0.2) is 0 Å². The lowest BCUT2D eigenvalue weighted by Crippen LogP contribution is -2.11. The molecule has 2 nitrogen and oxygen atoms in total. The van der Waals surface area contributed by atoms with Gasteiger partial charge in [-0.1, -0.05) is 0 Å². The first-order valence-corrected chi connectivity index (χ1v) is 7.13. The Hall–Kier alpha value is -1.78. The molecule has 0 saturated carbocycles. The molecular weight excluding hydrogens is 274 g/mol. The van der Waals surface area contributed by atoms with Crippen molar-refractivity contribution in [3.8, 4) is 0 Å². The lowest BCUT2D eigenvalue weighted by atomic mass is 10.2. The predicted octanol–water partition coefficient (Wildman–Crippen LogP) is 4.44. The Bertz CT molecular complexity index is 731. The van der Waals surface area contributed by atoms with Crippen molar-refractivity contribution < 1.29 is 4.79 Å². The molecule has 3 aromatic rings. The smallest absolute Gasteiger partial charge is 0.255 e. The van der Waals surface area contributed by atoms with Gasteiger partial charge in [0.05, 0.1) is 0 Å². The Balaban J connectivity index is 1.83. The van der Waals surface area contributed by atoms with Crippen LogP contribution >= 0.6 is 24.0 Å². The molecule has 0 aliphatic carbocycles. The fourth-order valence-electron chi connectivity index (χ4n) is 1.86. The second-order valence-corrected chi connectivity index (χ2v) is 5.64. The van der Waals surface area contributed by atoms with Crippen LogP contribution in [0.2, 0.25) is 0 Å². The SMILES string of the molecule is O=C(Nc1ccc2sccc2c1)c1ccc(S)cc1. The Morgan fingerprint density at radius 2 is 1.84 bits per heavy atom. The van der Waals surface area contributed by atoms with Crippen molar-refractivity contribution in [2.75, 3.05) is 5.32 Å². The molecule has 19 heavy (non-hydrogen) atoms. The van der Waals surface area contributed by atoms with E-state index in [1.54, 1.807) is 35.6 Å². The standard InChI is InChI=1S/C15H11NOS2/c17-15(10-1-4-13(18)5-2-10)16-12-3-6-14-11(9-12)7-8-19-14/h1-9,18H,(H,16,17). The highest BCUT2D eigenvalue weighted by atomic mass is 32.1. The third-order valence-electron chi connectivity index (χ3n) is 2.84. The molecule has 0 saturated heterocycles. The van der Waals surface area contributed by atoms with Crippen LogP contribution in [0.1, 0.15) is 10.4 Å².